The van der Waals surface area contributed by atoms with Crippen LogP contribution in [0.15, 0.2) is 30.3 Å². The van der Waals surface area contributed by atoms with Crippen LogP contribution >= 0.6 is 0 Å². The third kappa shape index (κ3) is 4.45. The number of hydrogen-bond acceptors (Lipinski definition) is 3. The number of nitrogens with one attached hydrogen (secondary N) is 2. The largest absolute Gasteiger partial charge is 0.383 e. The predicted octanol–water partition coefficient (Wildman–Crippen LogP) is 1.73. The van der Waals surface area contributed by atoms with E-state index in [-0.39, 0.29) is 24.2 Å². The summed E-state index contributed by atoms with van der Waals surface area (Å²) in [4.78, 5) is 24.0. The molecule has 6 nitrogen and oxygen atoms in total. The number of carbonyl (C=O) groups is 2. The monoisotopic (exact) mass is 347 g/mol. The molecule has 0 atom stereocenters. The molecule has 0 spiro atoms. The molecule has 0 aliphatic heterocycles. The quantitative estimate of drug-likeness (QED) is 0.749. The van der Waals surface area contributed by atoms with E-state index in [1.54, 1.807) is 49.8 Å². The molecule has 0 bridgehead atoms. The summed E-state index contributed by atoms with van der Waals surface area (Å²) >= 11 is 0. The number of para-hydroxylation sites is 1. The topological polar surface area (TPSA) is 72.4 Å². The Hall–Kier alpha value is -2.67. The van der Waals surface area contributed by atoms with Crippen molar-refractivity contribution < 1.29 is 18.7 Å². The van der Waals surface area contributed by atoms with E-state index in [0.29, 0.717) is 30.1 Å². The number of methoxy groups -OCH3 is 1. The first-order valence-electron chi connectivity index (χ1n) is 7.93. The number of aryl methyl sites for hydroxylation is 1. The van der Waals surface area contributed by atoms with E-state index in [0.717, 1.165) is 5.69 Å². The number of carbonyl (C=O) groups excluding carboxylic acids is 2. The van der Waals surface area contributed by atoms with Gasteiger partial charge in [0.05, 0.1) is 24.4 Å². The first-order valence-corrected chi connectivity index (χ1v) is 7.93. The van der Waals surface area contributed by atoms with Gasteiger partial charge in [-0.05, 0) is 32.0 Å². The predicted molar refractivity (Wildman–Crippen MR) is 92.4 cm³/mol. The number of amides is 2. The van der Waals surface area contributed by atoms with Gasteiger partial charge in [0.15, 0.2) is 0 Å². The molecule has 1 heterocycles. The lowest BCUT2D eigenvalue weighted by Crippen LogP contribution is -2.38. The summed E-state index contributed by atoms with van der Waals surface area (Å²) in [7, 11) is 1.54. The van der Waals surface area contributed by atoms with Gasteiger partial charge in [0.25, 0.3) is 5.91 Å². The summed E-state index contributed by atoms with van der Waals surface area (Å²) in [6.45, 7) is 4.20. The van der Waals surface area contributed by atoms with Crippen molar-refractivity contribution in [2.75, 3.05) is 26.8 Å². The molecule has 2 amide bonds. The Morgan fingerprint density at radius 1 is 1.20 bits per heavy atom. The first-order chi connectivity index (χ1) is 12.0. The van der Waals surface area contributed by atoms with Crippen LogP contribution in [0.5, 0.6) is 0 Å². The van der Waals surface area contributed by atoms with Gasteiger partial charge in [0.1, 0.15) is 5.82 Å². The van der Waals surface area contributed by atoms with Crippen LogP contribution in [0, 0.1) is 19.7 Å². The molecule has 2 rings (SSSR count). The number of ether oxygens (including phenoxy) is 1. The van der Waals surface area contributed by atoms with E-state index in [2.05, 4.69) is 10.6 Å². The second kappa shape index (κ2) is 8.43. The SMILES string of the molecule is COCCNC(=O)CNC(=O)c1cc(C)n(-c2ccccc2F)c1C. The molecule has 0 fully saturated rings. The minimum atomic E-state index is -0.377. The lowest BCUT2D eigenvalue weighted by Gasteiger charge is -2.11. The van der Waals surface area contributed by atoms with Crippen LogP contribution in [0.25, 0.3) is 5.69 Å². The molecular weight excluding hydrogens is 325 g/mol. The molecule has 7 heteroatoms. The maximum Gasteiger partial charge on any atom is 0.253 e. The molecule has 0 radical (unpaired) electrons. The van der Waals surface area contributed by atoms with Crippen molar-refractivity contribution in [3.63, 3.8) is 0 Å². The van der Waals surface area contributed by atoms with Gasteiger partial charge >= 0.3 is 0 Å². The van der Waals surface area contributed by atoms with Crippen LogP contribution in [0.1, 0.15) is 21.7 Å². The summed E-state index contributed by atoms with van der Waals surface area (Å²) in [5.41, 5.74) is 2.14. The fourth-order valence-corrected chi connectivity index (χ4v) is 2.61. The van der Waals surface area contributed by atoms with Gasteiger partial charge in [-0.3, -0.25) is 9.59 Å². The van der Waals surface area contributed by atoms with Crippen LogP contribution in [-0.4, -0.2) is 43.2 Å². The van der Waals surface area contributed by atoms with Gasteiger partial charge in [0, 0.05) is 25.0 Å². The summed E-state index contributed by atoms with van der Waals surface area (Å²) in [6, 6.07) is 8.06. The van der Waals surface area contributed by atoms with Gasteiger partial charge in [-0.25, -0.2) is 4.39 Å². The third-order valence-corrected chi connectivity index (χ3v) is 3.81. The molecule has 25 heavy (non-hydrogen) atoms. The summed E-state index contributed by atoms with van der Waals surface area (Å²) in [5, 5.41) is 5.20. The smallest absolute Gasteiger partial charge is 0.253 e. The van der Waals surface area contributed by atoms with Crippen molar-refractivity contribution in [2.45, 2.75) is 13.8 Å². The second-order valence-corrected chi connectivity index (χ2v) is 5.60. The first kappa shape index (κ1) is 18.7. The number of hydrogen-bond donors (Lipinski definition) is 2. The molecule has 0 aliphatic carbocycles. The Bertz CT molecular complexity index is 771. The standard InChI is InChI=1S/C18H22FN3O3/c1-12-10-14(18(24)21-11-17(23)20-8-9-25-3)13(2)22(12)16-7-5-4-6-15(16)19/h4-7,10H,8-9,11H2,1-3H3,(H,20,23)(H,21,24). The highest BCUT2D eigenvalue weighted by Gasteiger charge is 2.18. The van der Waals surface area contributed by atoms with E-state index in [1.165, 1.54) is 6.07 Å². The maximum atomic E-state index is 14.1. The van der Waals surface area contributed by atoms with E-state index in [1.807, 2.05) is 0 Å². The number of nitrogens with zero attached hydrogens (tertiary/aromatic N) is 1. The lowest BCUT2D eigenvalue weighted by molar-refractivity contribution is -0.120. The number of halogens is 1. The van der Waals surface area contributed by atoms with E-state index in [9.17, 15) is 14.0 Å². The molecule has 2 N–H and O–H groups in total. The number of aromatic nitrogens is 1. The van der Waals surface area contributed by atoms with Crippen LogP contribution in [0.2, 0.25) is 0 Å². The lowest BCUT2D eigenvalue weighted by atomic mass is 10.2. The summed E-state index contributed by atoms with van der Waals surface area (Å²) in [5.74, 6) is -1.04. The molecule has 0 saturated carbocycles. The highest BCUT2D eigenvalue weighted by Crippen LogP contribution is 2.22. The highest BCUT2D eigenvalue weighted by atomic mass is 19.1. The molecule has 0 aliphatic rings. The fraction of sp³-hybridized carbons (Fsp3) is 0.333. The van der Waals surface area contributed by atoms with E-state index in [4.69, 9.17) is 4.74 Å². The van der Waals surface area contributed by atoms with Crippen LogP contribution in [0.4, 0.5) is 4.39 Å². The second-order valence-electron chi connectivity index (χ2n) is 5.60. The van der Waals surface area contributed by atoms with Crippen LogP contribution < -0.4 is 10.6 Å². The average Bonchev–Trinajstić information content (AvgIpc) is 2.88. The highest BCUT2D eigenvalue weighted by molar-refractivity contribution is 5.97. The van der Waals surface area contributed by atoms with Gasteiger partial charge in [-0.2, -0.15) is 0 Å². The van der Waals surface area contributed by atoms with Gasteiger partial charge in [-0.1, -0.05) is 12.1 Å². The zero-order valence-corrected chi connectivity index (χ0v) is 14.6. The molecular formula is C18H22FN3O3. The number of rotatable bonds is 7. The minimum absolute atomic E-state index is 0.133. The minimum Gasteiger partial charge on any atom is -0.383 e. The van der Waals surface area contributed by atoms with Crippen molar-refractivity contribution in [3.8, 4) is 5.69 Å². The molecule has 1 aromatic carbocycles. The molecule has 2 aromatic rings. The zero-order chi connectivity index (χ0) is 18.4. The maximum absolute atomic E-state index is 14.1. The van der Waals surface area contributed by atoms with E-state index < -0.39 is 0 Å². The van der Waals surface area contributed by atoms with Crippen LogP contribution in [-0.2, 0) is 9.53 Å². The Morgan fingerprint density at radius 3 is 2.60 bits per heavy atom. The average molecular weight is 347 g/mol. The fourth-order valence-electron chi connectivity index (χ4n) is 2.61. The summed E-state index contributed by atoms with van der Waals surface area (Å²) in [6.07, 6.45) is 0. The Balaban J connectivity index is 2.11. The van der Waals surface area contributed by atoms with E-state index >= 15 is 0 Å². The van der Waals surface area contributed by atoms with Crippen molar-refractivity contribution in [1.82, 2.24) is 15.2 Å². The number of benzene rings is 1. The van der Waals surface area contributed by atoms with Crippen molar-refractivity contribution in [3.05, 3.63) is 53.1 Å². The molecule has 134 valence electrons. The van der Waals surface area contributed by atoms with Gasteiger partial charge in [-0.15, -0.1) is 0 Å². The third-order valence-electron chi connectivity index (χ3n) is 3.81. The van der Waals surface area contributed by atoms with Gasteiger partial charge < -0.3 is 19.9 Å². The Kier molecular flexibility index (Phi) is 6.30. The Labute approximate surface area is 146 Å². The molecule has 0 unspecified atom stereocenters. The molecule has 0 saturated heterocycles. The van der Waals surface area contributed by atoms with Crippen molar-refractivity contribution in [1.29, 1.82) is 0 Å². The van der Waals surface area contributed by atoms with Gasteiger partial charge in [0.2, 0.25) is 5.91 Å². The summed E-state index contributed by atoms with van der Waals surface area (Å²) < 4.78 is 20.6. The zero-order valence-electron chi connectivity index (χ0n) is 14.6. The molecule has 1 aromatic heterocycles. The van der Waals surface area contributed by atoms with Crippen LogP contribution in [0.3, 0.4) is 0 Å². The van der Waals surface area contributed by atoms with Crippen molar-refractivity contribution in [2.24, 2.45) is 0 Å². The normalized spacial score (nSPS) is 10.6. The Morgan fingerprint density at radius 2 is 1.92 bits per heavy atom. The van der Waals surface area contributed by atoms with Crippen molar-refractivity contribution >= 4 is 11.8 Å².